The summed E-state index contributed by atoms with van der Waals surface area (Å²) in [6.07, 6.45) is 0. The summed E-state index contributed by atoms with van der Waals surface area (Å²) < 4.78 is 2.28. The van der Waals surface area contributed by atoms with E-state index in [0.717, 1.165) is 84.0 Å². The van der Waals surface area contributed by atoms with E-state index in [4.69, 9.17) is 15.0 Å². The van der Waals surface area contributed by atoms with Gasteiger partial charge in [-0.3, -0.25) is 4.57 Å². The van der Waals surface area contributed by atoms with Crippen LogP contribution in [0.5, 0.6) is 0 Å². The second-order valence-corrected chi connectivity index (χ2v) is 15.3. The molecule has 0 saturated carbocycles. The fourth-order valence-corrected chi connectivity index (χ4v) is 7.46. The average molecular weight is 734 g/mol. The Balaban J connectivity index is 1.11. The Bertz CT molecular complexity index is 2930. The summed E-state index contributed by atoms with van der Waals surface area (Å²) in [7, 11) is 0. The average Bonchev–Trinajstić information content (AvgIpc) is 3.68. The lowest BCUT2D eigenvalue weighted by atomic mass is 9.94. The second-order valence-electron chi connectivity index (χ2n) is 15.3. The van der Waals surface area contributed by atoms with Crippen molar-refractivity contribution < 1.29 is 0 Å². The van der Waals surface area contributed by atoms with Crippen molar-refractivity contribution >= 4 is 11.0 Å². The van der Waals surface area contributed by atoms with Gasteiger partial charge in [-0.05, 0) is 88.0 Å². The molecule has 2 heterocycles. The van der Waals surface area contributed by atoms with Crippen LogP contribution < -0.4 is 0 Å². The number of hydrogen-bond acceptors (Lipinski definition) is 4. The predicted molar refractivity (Wildman–Crippen MR) is 233 cm³/mol. The zero-order chi connectivity index (χ0) is 38.9. The van der Waals surface area contributed by atoms with E-state index in [0.29, 0.717) is 11.4 Å². The summed E-state index contributed by atoms with van der Waals surface area (Å²) in [5, 5.41) is 9.32. The van der Waals surface area contributed by atoms with E-state index >= 15 is 0 Å². The molecule has 0 N–H and O–H groups in total. The minimum Gasteiger partial charge on any atom is -0.296 e. The molecular weight excluding hydrogens is 695 g/mol. The summed E-state index contributed by atoms with van der Waals surface area (Å²) in [5.41, 5.74) is 14.8. The molecule has 0 spiro atoms. The van der Waals surface area contributed by atoms with Crippen LogP contribution in [0.25, 0.3) is 84.0 Å². The van der Waals surface area contributed by atoms with Crippen LogP contribution in [0, 0.1) is 11.3 Å². The summed E-state index contributed by atoms with van der Waals surface area (Å²) in [6.45, 7) is 6.63. The lowest BCUT2D eigenvalue weighted by Crippen LogP contribution is -2.18. The van der Waals surface area contributed by atoms with E-state index < -0.39 is 0 Å². The molecular formula is C52H39N5. The normalized spacial score (nSPS) is 11.4. The monoisotopic (exact) mass is 733 g/mol. The molecule has 0 aliphatic carbocycles. The topological polar surface area (TPSA) is 67.4 Å². The first-order valence-corrected chi connectivity index (χ1v) is 19.2. The van der Waals surface area contributed by atoms with Crippen molar-refractivity contribution in [3.05, 3.63) is 193 Å². The maximum Gasteiger partial charge on any atom is 0.161 e. The summed E-state index contributed by atoms with van der Waals surface area (Å²) in [5.74, 6) is 1.69. The van der Waals surface area contributed by atoms with Gasteiger partial charge in [0.25, 0.3) is 0 Å². The molecule has 9 rings (SSSR count). The number of imidazole rings is 1. The fraction of sp³-hybridized carbons (Fsp3) is 0.0769. The van der Waals surface area contributed by atoms with Crippen LogP contribution in [0.4, 0.5) is 0 Å². The number of nitriles is 1. The molecule has 272 valence electrons. The molecule has 7 aromatic carbocycles. The number of nitrogens with zero attached hydrogens (tertiary/aromatic N) is 5. The predicted octanol–water partition coefficient (Wildman–Crippen LogP) is 13.0. The molecule has 5 nitrogen and oxygen atoms in total. The molecule has 0 amide bonds. The molecule has 0 fully saturated rings. The van der Waals surface area contributed by atoms with Crippen molar-refractivity contribution in [3.8, 4) is 79.0 Å². The van der Waals surface area contributed by atoms with E-state index in [9.17, 15) is 5.26 Å². The Kier molecular flexibility index (Phi) is 9.08. The van der Waals surface area contributed by atoms with E-state index in [1.54, 1.807) is 0 Å². The molecule has 0 aliphatic rings. The number of benzene rings is 7. The number of aromatic nitrogens is 4. The lowest BCUT2D eigenvalue weighted by Gasteiger charge is -2.20. The molecule has 0 aliphatic heterocycles. The van der Waals surface area contributed by atoms with Crippen molar-refractivity contribution in [2.75, 3.05) is 0 Å². The first-order chi connectivity index (χ1) is 27.8. The van der Waals surface area contributed by atoms with Gasteiger partial charge in [0.05, 0.1) is 34.1 Å². The minimum atomic E-state index is -0.124. The Morgan fingerprint density at radius 1 is 0.456 bits per heavy atom. The van der Waals surface area contributed by atoms with Crippen LogP contribution in [-0.4, -0.2) is 19.5 Å². The SMILES string of the molecule is CC(C)(C)c1nc2ccccc2n1-c1ccc(-c2cccc(-c3ccccc3-c3nc(-c4ccccc4)cc(-c4cccc(-c5ccc(C#N)cc5)c4)n3)c2)cc1. The zero-order valence-corrected chi connectivity index (χ0v) is 32.1. The van der Waals surface area contributed by atoms with Gasteiger partial charge in [0.15, 0.2) is 5.82 Å². The Morgan fingerprint density at radius 2 is 1.00 bits per heavy atom. The highest BCUT2D eigenvalue weighted by molar-refractivity contribution is 5.85. The third-order valence-corrected chi connectivity index (χ3v) is 10.3. The van der Waals surface area contributed by atoms with Gasteiger partial charge in [0, 0.05) is 27.8 Å². The molecule has 0 saturated heterocycles. The molecule has 0 radical (unpaired) electrons. The van der Waals surface area contributed by atoms with Gasteiger partial charge in [0.1, 0.15) is 5.82 Å². The zero-order valence-electron chi connectivity index (χ0n) is 32.1. The number of hydrogen-bond donors (Lipinski definition) is 0. The van der Waals surface area contributed by atoms with Crippen LogP contribution in [0.15, 0.2) is 182 Å². The molecule has 5 heteroatoms. The fourth-order valence-electron chi connectivity index (χ4n) is 7.46. The van der Waals surface area contributed by atoms with Gasteiger partial charge in [-0.15, -0.1) is 0 Å². The van der Waals surface area contributed by atoms with Gasteiger partial charge in [-0.25, -0.2) is 15.0 Å². The first-order valence-electron chi connectivity index (χ1n) is 19.2. The van der Waals surface area contributed by atoms with Crippen molar-refractivity contribution in [2.24, 2.45) is 0 Å². The Hall–Kier alpha value is -7.42. The summed E-state index contributed by atoms with van der Waals surface area (Å²) in [4.78, 5) is 15.5. The molecule has 2 aromatic heterocycles. The quantitative estimate of drug-likeness (QED) is 0.164. The van der Waals surface area contributed by atoms with Gasteiger partial charge in [-0.2, -0.15) is 5.26 Å². The van der Waals surface area contributed by atoms with E-state index in [1.807, 2.05) is 48.5 Å². The lowest BCUT2D eigenvalue weighted by molar-refractivity contribution is 0.539. The minimum absolute atomic E-state index is 0.124. The van der Waals surface area contributed by atoms with Crippen LogP contribution in [0.2, 0.25) is 0 Å². The molecule has 9 aromatic rings. The molecule has 0 bridgehead atoms. The highest BCUT2D eigenvalue weighted by Gasteiger charge is 2.24. The largest absolute Gasteiger partial charge is 0.296 e. The number of rotatable bonds is 7. The van der Waals surface area contributed by atoms with Crippen molar-refractivity contribution in [1.29, 1.82) is 5.26 Å². The Labute approximate surface area is 333 Å². The van der Waals surface area contributed by atoms with E-state index in [1.165, 1.54) is 0 Å². The van der Waals surface area contributed by atoms with Gasteiger partial charge < -0.3 is 0 Å². The number of fused-ring (bicyclic) bond motifs is 1. The standard InChI is InChI=1S/C52H39N5/c1-52(2,3)51-56-46-21-9-10-22-49(46)57(51)43-29-27-37(28-30-43)39-15-11-17-41(31-39)44-19-7-8-20-45(44)50-54-47(38-13-5-4-6-14-38)33-48(55-50)42-18-12-16-40(32-42)36-25-23-35(34-53)24-26-36/h4-33H,1-3H3. The third kappa shape index (κ3) is 7.01. The number of para-hydroxylation sites is 2. The Morgan fingerprint density at radius 3 is 1.68 bits per heavy atom. The summed E-state index contributed by atoms with van der Waals surface area (Å²) in [6, 6.07) is 64.8. The smallest absolute Gasteiger partial charge is 0.161 e. The van der Waals surface area contributed by atoms with E-state index in [-0.39, 0.29) is 5.41 Å². The highest BCUT2D eigenvalue weighted by Crippen LogP contribution is 2.37. The third-order valence-electron chi connectivity index (χ3n) is 10.3. The van der Waals surface area contributed by atoms with Crippen LogP contribution in [0.1, 0.15) is 32.2 Å². The molecule has 0 unspecified atom stereocenters. The van der Waals surface area contributed by atoms with E-state index in [2.05, 4.69) is 165 Å². The van der Waals surface area contributed by atoms with Crippen molar-refractivity contribution in [3.63, 3.8) is 0 Å². The maximum absolute atomic E-state index is 9.32. The van der Waals surface area contributed by atoms with Crippen LogP contribution >= 0.6 is 0 Å². The van der Waals surface area contributed by atoms with Gasteiger partial charge >= 0.3 is 0 Å². The first kappa shape index (κ1) is 35.3. The maximum atomic E-state index is 9.32. The van der Waals surface area contributed by atoms with Crippen LogP contribution in [0.3, 0.4) is 0 Å². The highest BCUT2D eigenvalue weighted by atomic mass is 15.1. The van der Waals surface area contributed by atoms with Crippen molar-refractivity contribution in [2.45, 2.75) is 26.2 Å². The van der Waals surface area contributed by atoms with Gasteiger partial charge in [0.2, 0.25) is 0 Å². The van der Waals surface area contributed by atoms with Crippen LogP contribution in [-0.2, 0) is 5.41 Å². The molecule has 57 heavy (non-hydrogen) atoms. The molecule has 0 atom stereocenters. The second kappa shape index (κ2) is 14.7. The summed E-state index contributed by atoms with van der Waals surface area (Å²) >= 11 is 0. The van der Waals surface area contributed by atoms with Crippen molar-refractivity contribution in [1.82, 2.24) is 19.5 Å². The van der Waals surface area contributed by atoms with Gasteiger partial charge in [-0.1, -0.05) is 148 Å².